The molecule has 1 fully saturated rings. The molecule has 1 aliphatic rings. The molecule has 0 saturated carbocycles. The summed E-state index contributed by atoms with van der Waals surface area (Å²) < 4.78 is 16.8. The molecule has 0 aliphatic carbocycles. The van der Waals surface area contributed by atoms with Gasteiger partial charge < -0.3 is 19.2 Å². The Bertz CT molecular complexity index is 655. The van der Waals surface area contributed by atoms with E-state index < -0.39 is 34.9 Å². The summed E-state index contributed by atoms with van der Waals surface area (Å²) >= 11 is 0. The van der Waals surface area contributed by atoms with E-state index >= 15 is 0 Å². The molecule has 1 N–H and O–H groups in total. The van der Waals surface area contributed by atoms with Crippen LogP contribution in [-0.2, 0) is 9.31 Å². The predicted octanol–water partition coefficient (Wildman–Crippen LogP) is 1.60. The maximum Gasteiger partial charge on any atom is 0.498 e. The van der Waals surface area contributed by atoms with Crippen LogP contribution in [0.1, 0.15) is 38.1 Å². The van der Waals surface area contributed by atoms with Gasteiger partial charge in [0, 0.05) is 11.5 Å². The Morgan fingerprint density at radius 1 is 1.26 bits per heavy atom. The van der Waals surface area contributed by atoms with Crippen LogP contribution < -0.4 is 10.2 Å². The van der Waals surface area contributed by atoms with Crippen molar-refractivity contribution in [3.05, 3.63) is 27.8 Å². The second-order valence-electron chi connectivity index (χ2n) is 6.27. The molecule has 9 heteroatoms. The van der Waals surface area contributed by atoms with Gasteiger partial charge in [0.2, 0.25) is 0 Å². The van der Waals surface area contributed by atoms with Crippen molar-refractivity contribution >= 4 is 24.2 Å². The van der Waals surface area contributed by atoms with Gasteiger partial charge in [-0.05, 0) is 33.8 Å². The Morgan fingerprint density at radius 2 is 1.78 bits per heavy atom. The van der Waals surface area contributed by atoms with Gasteiger partial charge in [0.05, 0.1) is 28.8 Å². The van der Waals surface area contributed by atoms with Crippen LogP contribution in [0, 0.1) is 10.1 Å². The van der Waals surface area contributed by atoms with Gasteiger partial charge in [0.15, 0.2) is 5.75 Å². The molecule has 0 atom stereocenters. The minimum absolute atomic E-state index is 0.0708. The van der Waals surface area contributed by atoms with Gasteiger partial charge in [0.1, 0.15) is 0 Å². The van der Waals surface area contributed by atoms with E-state index in [0.717, 1.165) is 6.07 Å². The van der Waals surface area contributed by atoms with Gasteiger partial charge in [-0.15, -0.1) is 0 Å². The molecule has 8 nitrogen and oxygen atoms in total. The highest BCUT2D eigenvalue weighted by Crippen LogP contribution is 2.38. The van der Waals surface area contributed by atoms with E-state index in [-0.39, 0.29) is 16.8 Å². The molecule has 0 bridgehead atoms. The molecule has 124 valence electrons. The first-order valence-electron chi connectivity index (χ1n) is 6.95. The van der Waals surface area contributed by atoms with Crippen molar-refractivity contribution in [2.45, 2.75) is 38.9 Å². The summed E-state index contributed by atoms with van der Waals surface area (Å²) in [6.45, 7) is 7.31. The summed E-state index contributed by atoms with van der Waals surface area (Å²) in [5.74, 6) is -1.35. The number of rotatable bonds is 4. The zero-order chi connectivity index (χ0) is 17.6. The van der Waals surface area contributed by atoms with E-state index in [2.05, 4.69) is 0 Å². The number of carboxylic acids is 1. The third kappa shape index (κ3) is 2.89. The van der Waals surface area contributed by atoms with Crippen LogP contribution in [0.15, 0.2) is 12.1 Å². The summed E-state index contributed by atoms with van der Waals surface area (Å²) in [5, 5.41) is 20.4. The normalized spacial score (nSPS) is 18.7. The van der Waals surface area contributed by atoms with Crippen LogP contribution in [0.3, 0.4) is 0 Å². The monoisotopic (exact) mass is 323 g/mol. The first-order valence-corrected chi connectivity index (χ1v) is 6.95. The summed E-state index contributed by atoms with van der Waals surface area (Å²) in [7, 11) is 0.310. The standard InChI is InChI=1S/C14H18BNO7/c1-13(2)14(3,4)23-15(22-13)9-6-8(12(17)18)7-10(16(19)20)11(9)21-5/h6-7H,1-5H3,(H,17,18). The number of aromatic carboxylic acids is 1. The van der Waals surface area contributed by atoms with E-state index in [1.165, 1.54) is 13.2 Å². The molecule has 0 amide bonds. The molecule has 0 aromatic heterocycles. The van der Waals surface area contributed by atoms with E-state index in [4.69, 9.17) is 14.0 Å². The first kappa shape index (κ1) is 17.2. The lowest BCUT2D eigenvalue weighted by molar-refractivity contribution is -0.385. The van der Waals surface area contributed by atoms with E-state index in [0.29, 0.717) is 0 Å². The molecule has 2 rings (SSSR count). The van der Waals surface area contributed by atoms with Gasteiger partial charge in [-0.1, -0.05) is 0 Å². The zero-order valence-electron chi connectivity index (χ0n) is 13.6. The highest BCUT2D eigenvalue weighted by molar-refractivity contribution is 6.63. The van der Waals surface area contributed by atoms with Crippen LogP contribution >= 0.6 is 0 Å². The van der Waals surface area contributed by atoms with E-state index in [1.807, 2.05) is 27.7 Å². The fourth-order valence-electron chi connectivity index (χ4n) is 2.26. The third-order valence-corrected chi connectivity index (χ3v) is 4.25. The highest BCUT2D eigenvalue weighted by atomic mass is 16.7. The van der Waals surface area contributed by atoms with Crippen molar-refractivity contribution in [2.75, 3.05) is 7.11 Å². The van der Waals surface area contributed by atoms with Gasteiger partial charge in [-0.25, -0.2) is 4.79 Å². The number of nitro groups is 1. The highest BCUT2D eigenvalue weighted by Gasteiger charge is 2.53. The predicted molar refractivity (Wildman–Crippen MR) is 82.3 cm³/mol. The number of ether oxygens (including phenoxy) is 1. The molecular weight excluding hydrogens is 305 g/mol. The van der Waals surface area contributed by atoms with Crippen LogP contribution in [-0.4, -0.2) is 41.4 Å². The lowest BCUT2D eigenvalue weighted by Crippen LogP contribution is -2.41. The molecule has 1 aliphatic heterocycles. The Morgan fingerprint density at radius 3 is 2.17 bits per heavy atom. The molecule has 1 aromatic rings. The number of benzene rings is 1. The smallest absolute Gasteiger partial charge is 0.490 e. The van der Waals surface area contributed by atoms with Crippen LogP contribution in [0.25, 0.3) is 0 Å². The van der Waals surface area contributed by atoms with Crippen LogP contribution in [0.2, 0.25) is 0 Å². The molecule has 0 unspecified atom stereocenters. The number of carboxylic acid groups (broad SMARTS) is 1. The van der Waals surface area contributed by atoms with E-state index in [1.54, 1.807) is 0 Å². The molecule has 1 saturated heterocycles. The minimum atomic E-state index is -1.28. The second-order valence-corrected chi connectivity index (χ2v) is 6.27. The van der Waals surface area contributed by atoms with Crippen molar-refractivity contribution in [2.24, 2.45) is 0 Å². The maximum atomic E-state index is 11.3. The molecule has 0 radical (unpaired) electrons. The van der Waals surface area contributed by atoms with Crippen molar-refractivity contribution in [1.29, 1.82) is 0 Å². The number of methoxy groups -OCH3 is 1. The lowest BCUT2D eigenvalue weighted by Gasteiger charge is -2.32. The summed E-state index contributed by atoms with van der Waals surface area (Å²) in [5.41, 5.74) is -1.84. The largest absolute Gasteiger partial charge is 0.498 e. The first-order chi connectivity index (χ1) is 10.5. The quantitative estimate of drug-likeness (QED) is 0.509. The van der Waals surface area contributed by atoms with E-state index in [9.17, 15) is 20.0 Å². The average molecular weight is 323 g/mol. The Balaban J connectivity index is 2.62. The van der Waals surface area contributed by atoms with Gasteiger partial charge in [-0.2, -0.15) is 0 Å². The number of hydrogen-bond donors (Lipinski definition) is 1. The Hall–Kier alpha value is -2.13. The van der Waals surface area contributed by atoms with Gasteiger partial charge in [0.25, 0.3) is 0 Å². The van der Waals surface area contributed by atoms with Gasteiger partial charge in [-0.3, -0.25) is 10.1 Å². The van der Waals surface area contributed by atoms with Gasteiger partial charge >= 0.3 is 18.8 Å². The molecule has 23 heavy (non-hydrogen) atoms. The molecule has 0 spiro atoms. The van der Waals surface area contributed by atoms with Crippen LogP contribution in [0.4, 0.5) is 5.69 Å². The van der Waals surface area contributed by atoms with Crippen LogP contribution in [0.5, 0.6) is 5.75 Å². The number of carbonyl (C=O) groups is 1. The maximum absolute atomic E-state index is 11.3. The second kappa shape index (κ2) is 5.50. The SMILES string of the molecule is COc1c(B2OC(C)(C)C(C)(C)O2)cc(C(=O)O)cc1[N+](=O)[O-]. The zero-order valence-corrected chi connectivity index (χ0v) is 13.6. The molecule has 1 aromatic carbocycles. The summed E-state index contributed by atoms with van der Waals surface area (Å²) in [6.07, 6.45) is 0. The average Bonchev–Trinajstić information content (AvgIpc) is 2.65. The minimum Gasteiger partial charge on any atom is -0.490 e. The van der Waals surface area contributed by atoms with Crippen molar-refractivity contribution in [3.8, 4) is 5.75 Å². The molecular formula is C14H18BNO7. The summed E-state index contributed by atoms with van der Waals surface area (Å²) in [6, 6.07) is 2.23. The van der Waals surface area contributed by atoms with Crippen molar-refractivity contribution < 1.29 is 28.9 Å². The lowest BCUT2D eigenvalue weighted by atomic mass is 9.77. The Labute approximate surface area is 133 Å². The summed E-state index contributed by atoms with van der Waals surface area (Å²) in [4.78, 5) is 21.8. The fraction of sp³-hybridized carbons (Fsp3) is 0.500. The molecule has 1 heterocycles. The van der Waals surface area contributed by atoms with Crippen molar-refractivity contribution in [1.82, 2.24) is 0 Å². The van der Waals surface area contributed by atoms with Crippen molar-refractivity contribution in [3.63, 3.8) is 0 Å². The number of nitrogens with zero attached hydrogens (tertiary/aromatic N) is 1. The Kier molecular flexibility index (Phi) is 4.12. The number of nitro benzene ring substituents is 1. The topological polar surface area (TPSA) is 108 Å². The fourth-order valence-corrected chi connectivity index (χ4v) is 2.26. The number of hydrogen-bond acceptors (Lipinski definition) is 6. The third-order valence-electron chi connectivity index (χ3n) is 4.25.